The van der Waals surface area contributed by atoms with Gasteiger partial charge in [0, 0.05) is 11.6 Å². The van der Waals surface area contributed by atoms with Crippen molar-refractivity contribution >= 4 is 41.5 Å². The van der Waals surface area contributed by atoms with Gasteiger partial charge in [0.1, 0.15) is 0 Å². The molecular weight excluding hydrogens is 337 g/mol. The molecule has 23 heavy (non-hydrogen) atoms. The Hall–Kier alpha value is -1.30. The smallest absolute Gasteiger partial charge is 0.253 e. The Bertz CT molecular complexity index is 548. The fourth-order valence-corrected chi connectivity index (χ4v) is 2.23. The van der Waals surface area contributed by atoms with Crippen LogP contribution >= 0.6 is 24.0 Å². The zero-order valence-corrected chi connectivity index (χ0v) is 14.7. The van der Waals surface area contributed by atoms with Crippen molar-refractivity contribution in [3.05, 3.63) is 28.8 Å². The van der Waals surface area contributed by atoms with Crippen molar-refractivity contribution in [2.75, 3.05) is 25.0 Å². The van der Waals surface area contributed by atoms with Gasteiger partial charge in [-0.25, -0.2) is 0 Å². The third-order valence-corrected chi connectivity index (χ3v) is 3.69. The Kier molecular flexibility index (Phi) is 8.37. The summed E-state index contributed by atoms with van der Waals surface area (Å²) in [4.78, 5) is 24.1. The number of carbonyl (C=O) groups is 2. The minimum Gasteiger partial charge on any atom is -0.352 e. The van der Waals surface area contributed by atoms with Crippen molar-refractivity contribution < 1.29 is 9.59 Å². The van der Waals surface area contributed by atoms with E-state index in [1.807, 2.05) is 6.92 Å². The van der Waals surface area contributed by atoms with Gasteiger partial charge in [-0.1, -0.05) is 18.5 Å². The number of nitrogens with one attached hydrogen (secondary N) is 3. The third-order valence-electron chi connectivity index (χ3n) is 3.45. The molecular formula is C16H23Cl2N3O2. The quantitative estimate of drug-likeness (QED) is 0.668. The molecule has 1 aliphatic rings. The second-order valence-electron chi connectivity index (χ2n) is 5.57. The van der Waals surface area contributed by atoms with Crippen LogP contribution in [0.5, 0.6) is 0 Å². The van der Waals surface area contributed by atoms with Crippen molar-refractivity contribution in [3.8, 4) is 0 Å². The molecule has 128 valence electrons. The first-order chi connectivity index (χ1) is 10.6. The van der Waals surface area contributed by atoms with Crippen LogP contribution in [0.2, 0.25) is 5.02 Å². The van der Waals surface area contributed by atoms with Gasteiger partial charge < -0.3 is 16.0 Å². The van der Waals surface area contributed by atoms with Gasteiger partial charge in [0.25, 0.3) is 5.91 Å². The number of benzene rings is 1. The Morgan fingerprint density at radius 3 is 2.70 bits per heavy atom. The summed E-state index contributed by atoms with van der Waals surface area (Å²) in [5, 5.41) is 9.15. The lowest BCUT2D eigenvalue weighted by Gasteiger charge is -2.12. The van der Waals surface area contributed by atoms with Crippen molar-refractivity contribution in [2.45, 2.75) is 26.2 Å². The molecule has 1 aromatic rings. The van der Waals surface area contributed by atoms with E-state index in [9.17, 15) is 9.59 Å². The SMILES string of the molecule is CCCNC(=O)c1ccc(Cl)cc1NC(=O)CNCC1CC1.Cl. The summed E-state index contributed by atoms with van der Waals surface area (Å²) in [6.07, 6.45) is 3.33. The molecule has 0 heterocycles. The molecule has 0 spiro atoms. The monoisotopic (exact) mass is 359 g/mol. The second kappa shape index (κ2) is 9.75. The van der Waals surface area contributed by atoms with Crippen molar-refractivity contribution in [3.63, 3.8) is 0 Å². The molecule has 0 bridgehead atoms. The number of hydrogen-bond acceptors (Lipinski definition) is 3. The first kappa shape index (κ1) is 19.7. The van der Waals surface area contributed by atoms with Gasteiger partial charge in [-0.2, -0.15) is 0 Å². The number of hydrogen-bond donors (Lipinski definition) is 3. The number of halogens is 2. The highest BCUT2D eigenvalue weighted by atomic mass is 35.5. The lowest BCUT2D eigenvalue weighted by molar-refractivity contribution is -0.115. The molecule has 1 saturated carbocycles. The Balaban J connectivity index is 0.00000264. The highest BCUT2D eigenvalue weighted by molar-refractivity contribution is 6.31. The van der Waals surface area contributed by atoms with Crippen LogP contribution in [0.25, 0.3) is 0 Å². The molecule has 1 fully saturated rings. The standard InChI is InChI=1S/C16H22ClN3O2.ClH/c1-2-7-19-16(22)13-6-5-12(17)8-14(13)20-15(21)10-18-9-11-3-4-11;/h5-6,8,11,18H,2-4,7,9-10H2,1H3,(H,19,22)(H,20,21);1H. The normalized spacial score (nSPS) is 13.1. The lowest BCUT2D eigenvalue weighted by Crippen LogP contribution is -2.31. The lowest BCUT2D eigenvalue weighted by atomic mass is 10.1. The summed E-state index contributed by atoms with van der Waals surface area (Å²) in [6, 6.07) is 4.87. The van der Waals surface area contributed by atoms with E-state index in [1.165, 1.54) is 12.8 Å². The Morgan fingerprint density at radius 1 is 1.30 bits per heavy atom. The molecule has 0 radical (unpaired) electrons. The maximum Gasteiger partial charge on any atom is 0.253 e. The zero-order valence-electron chi connectivity index (χ0n) is 13.2. The summed E-state index contributed by atoms with van der Waals surface area (Å²) in [5.74, 6) is 0.335. The molecule has 0 aromatic heterocycles. The molecule has 1 aromatic carbocycles. The molecule has 7 heteroatoms. The topological polar surface area (TPSA) is 70.2 Å². The minimum absolute atomic E-state index is 0. The van der Waals surface area contributed by atoms with E-state index in [1.54, 1.807) is 18.2 Å². The maximum atomic E-state index is 12.1. The number of rotatable bonds is 8. The first-order valence-electron chi connectivity index (χ1n) is 7.68. The first-order valence-corrected chi connectivity index (χ1v) is 8.06. The predicted octanol–water partition coefficient (Wildman–Crippen LogP) is 2.84. The van der Waals surface area contributed by atoms with Crippen molar-refractivity contribution in [2.24, 2.45) is 5.92 Å². The molecule has 0 unspecified atom stereocenters. The highest BCUT2D eigenvalue weighted by Crippen LogP contribution is 2.27. The van der Waals surface area contributed by atoms with E-state index in [2.05, 4.69) is 16.0 Å². The summed E-state index contributed by atoms with van der Waals surface area (Å²) >= 11 is 5.96. The van der Waals surface area contributed by atoms with Gasteiger partial charge in [-0.15, -0.1) is 12.4 Å². The fourth-order valence-electron chi connectivity index (χ4n) is 2.06. The van der Waals surface area contributed by atoms with E-state index in [0.717, 1.165) is 13.0 Å². The van der Waals surface area contributed by atoms with Crippen LogP contribution in [-0.4, -0.2) is 31.4 Å². The molecule has 2 rings (SSSR count). The van der Waals surface area contributed by atoms with E-state index >= 15 is 0 Å². The number of carbonyl (C=O) groups excluding carboxylic acids is 2. The summed E-state index contributed by atoms with van der Waals surface area (Å²) in [6.45, 7) is 3.68. The van der Waals surface area contributed by atoms with Crippen LogP contribution in [0.4, 0.5) is 5.69 Å². The molecule has 3 N–H and O–H groups in total. The van der Waals surface area contributed by atoms with E-state index in [4.69, 9.17) is 11.6 Å². The second-order valence-corrected chi connectivity index (χ2v) is 6.00. The van der Waals surface area contributed by atoms with Crippen LogP contribution in [0.3, 0.4) is 0 Å². The van der Waals surface area contributed by atoms with Crippen LogP contribution in [0.1, 0.15) is 36.5 Å². The minimum atomic E-state index is -0.209. The van der Waals surface area contributed by atoms with Crippen LogP contribution in [-0.2, 0) is 4.79 Å². The maximum absolute atomic E-state index is 12.1. The average molecular weight is 360 g/mol. The van der Waals surface area contributed by atoms with Crippen LogP contribution < -0.4 is 16.0 Å². The summed E-state index contributed by atoms with van der Waals surface area (Å²) in [7, 11) is 0. The van der Waals surface area contributed by atoms with Crippen LogP contribution in [0.15, 0.2) is 18.2 Å². The Morgan fingerprint density at radius 2 is 2.04 bits per heavy atom. The van der Waals surface area contributed by atoms with Gasteiger partial charge in [0.2, 0.25) is 5.91 Å². The summed E-state index contributed by atoms with van der Waals surface area (Å²) < 4.78 is 0. The van der Waals surface area contributed by atoms with E-state index in [0.29, 0.717) is 28.7 Å². The average Bonchev–Trinajstić information content (AvgIpc) is 3.29. The van der Waals surface area contributed by atoms with Gasteiger partial charge in [0.15, 0.2) is 0 Å². The third kappa shape index (κ3) is 6.77. The van der Waals surface area contributed by atoms with Gasteiger partial charge in [0.05, 0.1) is 17.8 Å². The highest BCUT2D eigenvalue weighted by Gasteiger charge is 2.21. The fraction of sp³-hybridized carbons (Fsp3) is 0.500. The zero-order chi connectivity index (χ0) is 15.9. The largest absolute Gasteiger partial charge is 0.352 e. The van der Waals surface area contributed by atoms with Crippen molar-refractivity contribution in [1.29, 1.82) is 0 Å². The molecule has 0 saturated heterocycles. The molecule has 0 atom stereocenters. The number of anilines is 1. The van der Waals surface area contributed by atoms with Gasteiger partial charge >= 0.3 is 0 Å². The van der Waals surface area contributed by atoms with E-state index in [-0.39, 0.29) is 30.8 Å². The molecule has 5 nitrogen and oxygen atoms in total. The van der Waals surface area contributed by atoms with Crippen LogP contribution in [0, 0.1) is 5.92 Å². The molecule has 1 aliphatic carbocycles. The summed E-state index contributed by atoms with van der Waals surface area (Å²) in [5.41, 5.74) is 0.868. The molecule has 2 amide bonds. The van der Waals surface area contributed by atoms with Gasteiger partial charge in [-0.3, -0.25) is 9.59 Å². The molecule has 0 aliphatic heterocycles. The Labute approximate surface area is 148 Å². The van der Waals surface area contributed by atoms with Gasteiger partial charge in [-0.05, 0) is 49.9 Å². The van der Waals surface area contributed by atoms with Crippen molar-refractivity contribution in [1.82, 2.24) is 10.6 Å². The number of amides is 2. The van der Waals surface area contributed by atoms with E-state index < -0.39 is 0 Å². The predicted molar refractivity (Wildman–Crippen MR) is 95.5 cm³/mol.